The standard InChI is InChI=1S/C17H12O4/c1-11-15(13-9-5-6-10-14(13)20-11)17(19)21-16(18)12-7-3-2-4-8-12/h2-10H,1H3. The van der Waals surface area contributed by atoms with Crippen molar-refractivity contribution in [3.63, 3.8) is 0 Å². The zero-order valence-corrected chi connectivity index (χ0v) is 11.3. The first-order valence-corrected chi connectivity index (χ1v) is 6.46. The molecule has 0 saturated heterocycles. The van der Waals surface area contributed by atoms with Crippen LogP contribution in [0, 0.1) is 6.92 Å². The van der Waals surface area contributed by atoms with E-state index in [2.05, 4.69) is 0 Å². The lowest BCUT2D eigenvalue weighted by molar-refractivity contribution is 0.0398. The Kier molecular flexibility index (Phi) is 3.28. The number of furan rings is 1. The molecule has 0 atom stereocenters. The summed E-state index contributed by atoms with van der Waals surface area (Å²) < 4.78 is 10.4. The van der Waals surface area contributed by atoms with Crippen LogP contribution in [0.1, 0.15) is 26.5 Å². The van der Waals surface area contributed by atoms with E-state index in [0.717, 1.165) is 0 Å². The number of hydrogen-bond acceptors (Lipinski definition) is 4. The molecular weight excluding hydrogens is 268 g/mol. The van der Waals surface area contributed by atoms with E-state index < -0.39 is 11.9 Å². The second kappa shape index (κ2) is 5.25. The van der Waals surface area contributed by atoms with Crippen LogP contribution in [-0.2, 0) is 4.74 Å². The van der Waals surface area contributed by atoms with Crippen molar-refractivity contribution in [1.82, 2.24) is 0 Å². The molecule has 4 nitrogen and oxygen atoms in total. The first-order chi connectivity index (χ1) is 10.2. The topological polar surface area (TPSA) is 56.5 Å². The van der Waals surface area contributed by atoms with Crippen LogP contribution in [0.4, 0.5) is 0 Å². The molecule has 0 fully saturated rings. The first kappa shape index (κ1) is 13.1. The van der Waals surface area contributed by atoms with E-state index >= 15 is 0 Å². The van der Waals surface area contributed by atoms with E-state index in [1.54, 1.807) is 55.5 Å². The molecule has 2 aromatic carbocycles. The molecule has 1 heterocycles. The second-order valence-electron chi connectivity index (χ2n) is 4.57. The van der Waals surface area contributed by atoms with E-state index in [4.69, 9.17) is 9.15 Å². The summed E-state index contributed by atoms with van der Waals surface area (Å²) in [7, 11) is 0. The van der Waals surface area contributed by atoms with E-state index in [-0.39, 0.29) is 5.56 Å². The van der Waals surface area contributed by atoms with Crippen molar-refractivity contribution >= 4 is 22.9 Å². The van der Waals surface area contributed by atoms with Crippen molar-refractivity contribution in [3.8, 4) is 0 Å². The summed E-state index contributed by atoms with van der Waals surface area (Å²) in [6.07, 6.45) is 0. The minimum Gasteiger partial charge on any atom is -0.460 e. The molecule has 21 heavy (non-hydrogen) atoms. The van der Waals surface area contributed by atoms with Gasteiger partial charge in [-0.2, -0.15) is 0 Å². The number of esters is 2. The van der Waals surface area contributed by atoms with E-state index in [1.807, 2.05) is 6.07 Å². The van der Waals surface area contributed by atoms with Crippen molar-refractivity contribution in [2.75, 3.05) is 0 Å². The largest absolute Gasteiger partial charge is 0.460 e. The summed E-state index contributed by atoms with van der Waals surface area (Å²) in [5.74, 6) is -0.946. The number of carbonyl (C=O) groups excluding carboxylic acids is 2. The molecule has 3 rings (SSSR count). The summed E-state index contributed by atoms with van der Waals surface area (Å²) in [4.78, 5) is 24.1. The molecule has 0 unspecified atom stereocenters. The average Bonchev–Trinajstić information content (AvgIpc) is 2.83. The van der Waals surface area contributed by atoms with Gasteiger partial charge in [-0.15, -0.1) is 0 Å². The molecule has 0 amide bonds. The van der Waals surface area contributed by atoms with Gasteiger partial charge in [0.25, 0.3) is 0 Å². The third kappa shape index (κ3) is 2.43. The zero-order valence-electron chi connectivity index (χ0n) is 11.3. The predicted octanol–water partition coefficient (Wildman–Crippen LogP) is 3.74. The van der Waals surface area contributed by atoms with Gasteiger partial charge < -0.3 is 9.15 Å². The molecule has 4 heteroatoms. The first-order valence-electron chi connectivity index (χ1n) is 6.46. The third-order valence-corrected chi connectivity index (χ3v) is 3.17. The fraction of sp³-hybridized carbons (Fsp3) is 0.0588. The monoisotopic (exact) mass is 280 g/mol. The maximum absolute atomic E-state index is 12.2. The normalized spacial score (nSPS) is 10.5. The van der Waals surface area contributed by atoms with Crippen molar-refractivity contribution in [2.45, 2.75) is 6.92 Å². The van der Waals surface area contributed by atoms with Gasteiger partial charge in [-0.05, 0) is 25.1 Å². The quantitative estimate of drug-likeness (QED) is 0.530. The highest BCUT2D eigenvalue weighted by Gasteiger charge is 2.22. The Morgan fingerprint density at radius 3 is 2.33 bits per heavy atom. The molecule has 0 spiro atoms. The molecule has 0 bridgehead atoms. The van der Waals surface area contributed by atoms with E-state index in [9.17, 15) is 9.59 Å². The third-order valence-electron chi connectivity index (χ3n) is 3.17. The molecule has 0 aliphatic carbocycles. The lowest BCUT2D eigenvalue weighted by Gasteiger charge is -2.02. The second-order valence-corrected chi connectivity index (χ2v) is 4.57. The van der Waals surface area contributed by atoms with E-state index in [1.165, 1.54) is 0 Å². The number of fused-ring (bicyclic) bond motifs is 1. The fourth-order valence-corrected chi connectivity index (χ4v) is 2.19. The van der Waals surface area contributed by atoms with Crippen molar-refractivity contribution in [2.24, 2.45) is 0 Å². The summed E-state index contributed by atoms with van der Waals surface area (Å²) >= 11 is 0. The lowest BCUT2D eigenvalue weighted by atomic mass is 10.1. The SMILES string of the molecule is Cc1oc2ccccc2c1C(=O)OC(=O)c1ccccc1. The van der Waals surface area contributed by atoms with Gasteiger partial charge in [-0.3, -0.25) is 0 Å². The lowest BCUT2D eigenvalue weighted by Crippen LogP contribution is -2.13. The highest BCUT2D eigenvalue weighted by molar-refractivity contribution is 6.09. The number of aryl methyl sites for hydroxylation is 1. The van der Waals surface area contributed by atoms with Gasteiger partial charge in [-0.1, -0.05) is 36.4 Å². The van der Waals surface area contributed by atoms with E-state index in [0.29, 0.717) is 22.3 Å². The summed E-state index contributed by atoms with van der Waals surface area (Å²) in [6.45, 7) is 1.67. The zero-order chi connectivity index (χ0) is 14.8. The van der Waals surface area contributed by atoms with Crippen molar-refractivity contribution in [1.29, 1.82) is 0 Å². The summed E-state index contributed by atoms with van der Waals surface area (Å²) in [6, 6.07) is 15.5. The molecule has 0 saturated carbocycles. The molecule has 104 valence electrons. The van der Waals surface area contributed by atoms with Gasteiger partial charge >= 0.3 is 11.9 Å². The van der Waals surface area contributed by atoms with Crippen LogP contribution in [0.25, 0.3) is 11.0 Å². The Morgan fingerprint density at radius 2 is 1.57 bits per heavy atom. The van der Waals surface area contributed by atoms with Crippen LogP contribution in [-0.4, -0.2) is 11.9 Å². The minimum absolute atomic E-state index is 0.287. The molecule has 3 aromatic rings. The number of rotatable bonds is 2. The number of carbonyl (C=O) groups is 2. The maximum Gasteiger partial charge on any atom is 0.350 e. The Bertz CT molecular complexity index is 815. The van der Waals surface area contributed by atoms with Crippen molar-refractivity contribution in [3.05, 3.63) is 71.5 Å². The van der Waals surface area contributed by atoms with Crippen molar-refractivity contribution < 1.29 is 18.7 Å². The predicted molar refractivity (Wildman–Crippen MR) is 77.1 cm³/mol. The van der Waals surface area contributed by atoms with Crippen LogP contribution >= 0.6 is 0 Å². The minimum atomic E-state index is -0.702. The van der Waals surface area contributed by atoms with Gasteiger partial charge in [0.05, 0.1) is 5.56 Å². The Morgan fingerprint density at radius 1 is 0.905 bits per heavy atom. The Labute approximate surface area is 120 Å². The summed E-state index contributed by atoms with van der Waals surface area (Å²) in [5, 5.41) is 0.640. The van der Waals surface area contributed by atoms with Gasteiger partial charge in [0, 0.05) is 5.39 Å². The number of para-hydroxylation sites is 1. The molecule has 0 radical (unpaired) electrons. The highest BCUT2D eigenvalue weighted by atomic mass is 16.6. The van der Waals surface area contributed by atoms with Gasteiger partial charge in [0.2, 0.25) is 0 Å². The molecule has 1 aromatic heterocycles. The molecule has 0 aliphatic heterocycles. The molecule has 0 N–H and O–H groups in total. The van der Waals surface area contributed by atoms with Gasteiger partial charge in [0.1, 0.15) is 16.9 Å². The summed E-state index contributed by atoms with van der Waals surface area (Å²) in [5.41, 5.74) is 1.21. The van der Waals surface area contributed by atoms with Gasteiger partial charge in [-0.25, -0.2) is 9.59 Å². The Balaban J connectivity index is 1.91. The average molecular weight is 280 g/mol. The maximum atomic E-state index is 12.2. The number of ether oxygens (including phenoxy) is 1. The van der Waals surface area contributed by atoms with Crippen LogP contribution < -0.4 is 0 Å². The number of hydrogen-bond donors (Lipinski definition) is 0. The van der Waals surface area contributed by atoms with Crippen LogP contribution in [0.3, 0.4) is 0 Å². The smallest absolute Gasteiger partial charge is 0.350 e. The number of benzene rings is 2. The highest BCUT2D eigenvalue weighted by Crippen LogP contribution is 2.26. The van der Waals surface area contributed by atoms with Gasteiger partial charge in [0.15, 0.2) is 0 Å². The van der Waals surface area contributed by atoms with Crippen LogP contribution in [0.15, 0.2) is 59.0 Å². The molecular formula is C17H12O4. The fourth-order valence-electron chi connectivity index (χ4n) is 2.19. The molecule has 0 aliphatic rings. The van der Waals surface area contributed by atoms with Crippen LogP contribution in [0.5, 0.6) is 0 Å². The van der Waals surface area contributed by atoms with Crippen LogP contribution in [0.2, 0.25) is 0 Å². The Hall–Kier alpha value is -2.88.